The van der Waals surface area contributed by atoms with E-state index in [9.17, 15) is 13.2 Å². The molecule has 1 aromatic rings. The van der Waals surface area contributed by atoms with Crippen LogP contribution in [0.25, 0.3) is 0 Å². The normalized spacial score (nSPS) is 37.2. The first-order valence-corrected chi connectivity index (χ1v) is 9.56. The van der Waals surface area contributed by atoms with Crippen LogP contribution >= 0.6 is 0 Å². The number of hydrogen-bond donors (Lipinski definition) is 2. The maximum Gasteiger partial charge on any atom is 0.405 e. The van der Waals surface area contributed by atoms with E-state index in [2.05, 4.69) is 4.98 Å². The van der Waals surface area contributed by atoms with Crippen LogP contribution in [0, 0.1) is 12.3 Å². The second kappa shape index (κ2) is 6.06. The zero-order chi connectivity index (χ0) is 19.6. The van der Waals surface area contributed by atoms with Gasteiger partial charge in [0.25, 0.3) is 0 Å². The van der Waals surface area contributed by atoms with E-state index in [0.29, 0.717) is 30.4 Å². The van der Waals surface area contributed by atoms with Crippen LogP contribution in [0.3, 0.4) is 0 Å². The lowest BCUT2D eigenvalue weighted by Gasteiger charge is -2.62. The minimum absolute atomic E-state index is 0.0967. The highest BCUT2D eigenvalue weighted by molar-refractivity contribution is 5.45. The molecule has 5 nitrogen and oxygen atoms in total. The lowest BCUT2D eigenvalue weighted by molar-refractivity contribution is -0.180. The Labute approximate surface area is 157 Å². The molecule has 0 amide bonds. The molecule has 2 heterocycles. The summed E-state index contributed by atoms with van der Waals surface area (Å²) in [5, 5.41) is 0. The molecule has 1 atom stereocenters. The lowest BCUT2D eigenvalue weighted by atomic mass is 9.46. The number of nitrogens with zero attached hydrogens (tertiary/aromatic N) is 3. The summed E-state index contributed by atoms with van der Waals surface area (Å²) in [6.07, 6.45) is -0.332. The molecule has 150 valence electrons. The number of nitrogens with two attached hydrogens (primary N) is 2. The van der Waals surface area contributed by atoms with Gasteiger partial charge in [0.1, 0.15) is 11.9 Å². The number of anilines is 1. The van der Waals surface area contributed by atoms with Crippen LogP contribution in [0.4, 0.5) is 19.0 Å². The van der Waals surface area contributed by atoms with Gasteiger partial charge in [0.15, 0.2) is 0 Å². The predicted molar refractivity (Wildman–Crippen MR) is 98.4 cm³/mol. The highest BCUT2D eigenvalue weighted by atomic mass is 19.4. The number of hydrogen-bond acceptors (Lipinski definition) is 5. The van der Waals surface area contributed by atoms with Crippen molar-refractivity contribution in [1.29, 1.82) is 0 Å². The van der Waals surface area contributed by atoms with E-state index in [4.69, 9.17) is 11.5 Å². The molecule has 2 aliphatic carbocycles. The quantitative estimate of drug-likeness (QED) is 0.819. The van der Waals surface area contributed by atoms with Crippen LogP contribution in [0.15, 0.2) is 12.1 Å². The Morgan fingerprint density at radius 1 is 1.19 bits per heavy atom. The zero-order valence-electron chi connectivity index (χ0n) is 15.9. The third-order valence-electron chi connectivity index (χ3n) is 6.73. The van der Waals surface area contributed by atoms with E-state index < -0.39 is 12.2 Å². The number of aromatic nitrogens is 1. The Bertz CT molecular complexity index is 721. The van der Waals surface area contributed by atoms with Gasteiger partial charge in [0.2, 0.25) is 0 Å². The van der Waals surface area contributed by atoms with Crippen LogP contribution in [0.1, 0.15) is 36.9 Å². The fraction of sp³-hybridized carbons (Fsp3) is 0.737. The van der Waals surface area contributed by atoms with Gasteiger partial charge in [0, 0.05) is 36.9 Å². The van der Waals surface area contributed by atoms with E-state index in [0.717, 1.165) is 36.9 Å². The maximum absolute atomic E-state index is 13.3. The molecule has 1 aromatic heterocycles. The van der Waals surface area contributed by atoms with Gasteiger partial charge in [-0.05, 0) is 56.7 Å². The van der Waals surface area contributed by atoms with Crippen LogP contribution in [0.2, 0.25) is 0 Å². The van der Waals surface area contributed by atoms with Gasteiger partial charge in [-0.15, -0.1) is 0 Å². The van der Waals surface area contributed by atoms with Crippen molar-refractivity contribution in [3.8, 4) is 0 Å². The second-order valence-electron chi connectivity index (χ2n) is 8.96. The molecule has 1 aliphatic heterocycles. The molecule has 0 aromatic carbocycles. The largest absolute Gasteiger partial charge is 0.405 e. The average Bonchev–Trinajstić information content (AvgIpc) is 2.51. The molecule has 0 radical (unpaired) electrons. The summed E-state index contributed by atoms with van der Waals surface area (Å²) < 4.78 is 39.8. The van der Waals surface area contributed by atoms with Gasteiger partial charge in [-0.3, -0.25) is 4.90 Å². The number of halogens is 3. The Hall–Kier alpha value is -1.38. The highest BCUT2D eigenvalue weighted by Crippen LogP contribution is 2.62. The van der Waals surface area contributed by atoms with E-state index >= 15 is 0 Å². The number of aryl methyl sites for hydroxylation is 1. The van der Waals surface area contributed by atoms with Gasteiger partial charge in [-0.2, -0.15) is 13.2 Å². The molecule has 2 saturated carbocycles. The van der Waals surface area contributed by atoms with Crippen LogP contribution in [-0.4, -0.2) is 54.8 Å². The molecule has 0 bridgehead atoms. The monoisotopic (exact) mass is 383 g/mol. The first kappa shape index (κ1) is 19.0. The third-order valence-corrected chi connectivity index (χ3v) is 6.73. The second-order valence-corrected chi connectivity index (χ2v) is 8.96. The lowest BCUT2D eigenvalue weighted by Crippen LogP contribution is -2.63. The SMILES string of the molecule is Cc1nc(N2CCN(C)C(C(F)(F)F)C2)ccc1C1(N)CC2(CC(N)C2)C1. The molecule has 3 aliphatic rings. The van der Waals surface area contributed by atoms with Crippen molar-refractivity contribution in [2.45, 2.75) is 56.4 Å². The van der Waals surface area contributed by atoms with Crippen molar-refractivity contribution in [2.24, 2.45) is 16.9 Å². The molecule has 4 rings (SSSR count). The van der Waals surface area contributed by atoms with Gasteiger partial charge < -0.3 is 16.4 Å². The van der Waals surface area contributed by atoms with E-state index in [-0.39, 0.29) is 12.1 Å². The summed E-state index contributed by atoms with van der Waals surface area (Å²) in [4.78, 5) is 7.72. The van der Waals surface area contributed by atoms with Crippen molar-refractivity contribution in [1.82, 2.24) is 9.88 Å². The van der Waals surface area contributed by atoms with Gasteiger partial charge in [0.05, 0.1) is 0 Å². The fourth-order valence-corrected chi connectivity index (χ4v) is 5.50. The smallest absolute Gasteiger partial charge is 0.353 e. The molecule has 3 fully saturated rings. The number of likely N-dealkylation sites (N-methyl/N-ethyl adjacent to an activating group) is 1. The van der Waals surface area contributed by atoms with Gasteiger partial charge >= 0.3 is 6.18 Å². The molecular formula is C19H28F3N5. The van der Waals surface area contributed by atoms with E-state index in [1.54, 1.807) is 4.90 Å². The number of pyridine rings is 1. The minimum atomic E-state index is -4.24. The molecule has 1 saturated heterocycles. The van der Waals surface area contributed by atoms with Gasteiger partial charge in [-0.1, -0.05) is 6.07 Å². The Balaban J connectivity index is 1.49. The van der Waals surface area contributed by atoms with Crippen molar-refractivity contribution in [2.75, 3.05) is 31.6 Å². The summed E-state index contributed by atoms with van der Waals surface area (Å²) in [6, 6.07) is 2.62. The van der Waals surface area contributed by atoms with Crippen molar-refractivity contribution in [3.05, 3.63) is 23.4 Å². The first-order valence-electron chi connectivity index (χ1n) is 9.56. The summed E-state index contributed by atoms with van der Waals surface area (Å²) in [6.45, 7) is 2.70. The summed E-state index contributed by atoms with van der Waals surface area (Å²) in [7, 11) is 1.52. The molecule has 1 unspecified atom stereocenters. The number of piperazine rings is 1. The van der Waals surface area contributed by atoms with E-state index in [1.807, 2.05) is 19.1 Å². The predicted octanol–water partition coefficient (Wildman–Crippen LogP) is 2.13. The molecular weight excluding hydrogens is 355 g/mol. The average molecular weight is 383 g/mol. The van der Waals surface area contributed by atoms with Gasteiger partial charge in [-0.25, -0.2) is 4.98 Å². The van der Waals surface area contributed by atoms with Crippen LogP contribution in [-0.2, 0) is 5.54 Å². The molecule has 4 N–H and O–H groups in total. The number of alkyl halides is 3. The van der Waals surface area contributed by atoms with E-state index in [1.165, 1.54) is 11.9 Å². The fourth-order valence-electron chi connectivity index (χ4n) is 5.50. The Morgan fingerprint density at radius 3 is 2.41 bits per heavy atom. The molecule has 1 spiro atoms. The third kappa shape index (κ3) is 3.21. The summed E-state index contributed by atoms with van der Waals surface area (Å²) in [5.74, 6) is 0.599. The molecule has 8 heteroatoms. The highest BCUT2D eigenvalue weighted by Gasteiger charge is 2.58. The first-order chi connectivity index (χ1) is 12.5. The number of rotatable bonds is 2. The zero-order valence-corrected chi connectivity index (χ0v) is 15.9. The minimum Gasteiger partial charge on any atom is -0.353 e. The molecule has 27 heavy (non-hydrogen) atoms. The van der Waals surface area contributed by atoms with Crippen molar-refractivity contribution < 1.29 is 13.2 Å². The maximum atomic E-state index is 13.3. The van der Waals surface area contributed by atoms with Crippen molar-refractivity contribution >= 4 is 5.82 Å². The van der Waals surface area contributed by atoms with Crippen LogP contribution in [0.5, 0.6) is 0 Å². The Morgan fingerprint density at radius 2 is 1.85 bits per heavy atom. The van der Waals surface area contributed by atoms with Crippen molar-refractivity contribution in [3.63, 3.8) is 0 Å². The Kier molecular flexibility index (Phi) is 4.25. The van der Waals surface area contributed by atoms with Crippen LogP contribution < -0.4 is 16.4 Å². The summed E-state index contributed by atoms with van der Waals surface area (Å²) >= 11 is 0. The standard InChI is InChI=1S/C19H28F3N5/c1-12-14(18(24)10-17(11-18)7-13(23)8-17)3-4-16(25-12)27-6-5-26(2)15(9-27)19(20,21)22/h3-4,13,15H,5-11,23-24H2,1-2H3. The summed E-state index contributed by atoms with van der Waals surface area (Å²) in [5.41, 5.74) is 14.3. The topological polar surface area (TPSA) is 71.4 Å².